The van der Waals surface area contributed by atoms with Crippen molar-refractivity contribution in [2.75, 3.05) is 44.2 Å². The fourth-order valence-electron chi connectivity index (χ4n) is 6.47. The number of hydrogen-bond acceptors (Lipinski definition) is 7. The molecule has 204 valence electrons. The van der Waals surface area contributed by atoms with Crippen molar-refractivity contribution in [1.82, 2.24) is 9.80 Å². The molecule has 0 radical (unpaired) electrons. The zero-order valence-corrected chi connectivity index (χ0v) is 22.4. The average molecular weight is 524 g/mol. The first-order valence-electron chi connectivity index (χ1n) is 13.5. The first-order valence-corrected chi connectivity index (χ1v) is 13.5. The largest absolute Gasteiger partial charge is 0.369 e. The van der Waals surface area contributed by atoms with Crippen molar-refractivity contribution in [3.8, 4) is 0 Å². The number of nitrogens with two attached hydrogens (primary N) is 1. The van der Waals surface area contributed by atoms with Gasteiger partial charge in [-0.15, -0.1) is 0 Å². The topological polar surface area (TPSA) is 145 Å². The Morgan fingerprint density at radius 3 is 2.47 bits per heavy atom. The van der Waals surface area contributed by atoms with E-state index in [0.717, 1.165) is 31.9 Å². The summed E-state index contributed by atoms with van der Waals surface area (Å²) in [6.45, 7) is 9.50. The first kappa shape index (κ1) is 26.5. The fourth-order valence-corrected chi connectivity index (χ4v) is 6.47. The molecule has 3 saturated heterocycles. The number of likely N-dealkylation sites (tertiary alicyclic amines) is 1. The molecule has 5 rings (SSSR count). The summed E-state index contributed by atoms with van der Waals surface area (Å²) in [7, 11) is 0. The molecule has 1 aromatic rings. The quantitative estimate of drug-likeness (QED) is 0.344. The summed E-state index contributed by atoms with van der Waals surface area (Å²) in [5.74, 6) is -1.86. The number of amides is 2. The van der Waals surface area contributed by atoms with Gasteiger partial charge in [0, 0.05) is 54.9 Å². The predicted octanol–water partition coefficient (Wildman–Crippen LogP) is 2.45. The second-order valence-corrected chi connectivity index (χ2v) is 12.0. The Bertz CT molecular complexity index is 1160. The molecule has 1 aromatic carbocycles. The van der Waals surface area contributed by atoms with Gasteiger partial charge in [0.1, 0.15) is 12.6 Å². The van der Waals surface area contributed by atoms with Gasteiger partial charge in [0.15, 0.2) is 5.78 Å². The first-order chi connectivity index (χ1) is 18.1. The molecule has 11 heteroatoms. The van der Waals surface area contributed by atoms with Crippen molar-refractivity contribution in [3.63, 3.8) is 0 Å². The molecule has 2 N–H and O–H groups in total. The third-order valence-corrected chi connectivity index (χ3v) is 8.64. The summed E-state index contributed by atoms with van der Waals surface area (Å²) >= 11 is 0. The summed E-state index contributed by atoms with van der Waals surface area (Å²) in [6.07, 6.45) is 3.21. The van der Waals surface area contributed by atoms with Crippen molar-refractivity contribution >= 4 is 23.3 Å². The number of ether oxygens (including phenoxy) is 1. The smallest absolute Gasteiger partial charge is 0.249 e. The summed E-state index contributed by atoms with van der Waals surface area (Å²) in [4.78, 5) is 48.8. The van der Waals surface area contributed by atoms with Crippen LogP contribution in [0.1, 0.15) is 61.9 Å². The molecule has 4 aliphatic rings. The van der Waals surface area contributed by atoms with Crippen molar-refractivity contribution in [2.45, 2.75) is 70.2 Å². The minimum atomic E-state index is -0.803. The molecule has 0 spiro atoms. The van der Waals surface area contributed by atoms with E-state index in [1.165, 1.54) is 24.2 Å². The Kier molecular flexibility index (Phi) is 7.11. The van der Waals surface area contributed by atoms with E-state index in [0.29, 0.717) is 17.2 Å². The number of piperazine rings is 1. The molecule has 3 aliphatic heterocycles. The van der Waals surface area contributed by atoms with Gasteiger partial charge in [-0.3, -0.25) is 19.3 Å². The third-order valence-electron chi connectivity index (χ3n) is 8.64. The van der Waals surface area contributed by atoms with Gasteiger partial charge in [0.05, 0.1) is 18.1 Å². The van der Waals surface area contributed by atoms with Crippen LogP contribution in [0.4, 0.5) is 5.69 Å². The highest BCUT2D eigenvalue weighted by Crippen LogP contribution is 2.42. The number of anilines is 1. The standard InChI is InChI=1S/C27H37N7O4/c1-27(2,3)22(26(37)34-14-20(30-31-29)24-23(34)21(35)15-38-24)19-13-17(7-8-18(19)25(28)36)33-11-9-32(10-12-33)16-5-4-6-16/h7-8,13,16,20,22-24H,4-6,9-12,14-15H2,1-3H3,(H2,28,36)/t20-,22-,23+,24+/m0/s1. The van der Waals surface area contributed by atoms with Gasteiger partial charge in [0.2, 0.25) is 11.8 Å². The van der Waals surface area contributed by atoms with Crippen LogP contribution in [0.3, 0.4) is 0 Å². The number of carbonyl (C=O) groups excluding carboxylic acids is 3. The lowest BCUT2D eigenvalue weighted by Gasteiger charge is -2.44. The fraction of sp³-hybridized carbons (Fsp3) is 0.667. The van der Waals surface area contributed by atoms with E-state index < -0.39 is 35.4 Å². The molecule has 4 fully saturated rings. The number of rotatable bonds is 6. The molecule has 1 aliphatic carbocycles. The molecule has 1 saturated carbocycles. The Morgan fingerprint density at radius 2 is 1.89 bits per heavy atom. The zero-order chi connectivity index (χ0) is 27.2. The molecule has 3 heterocycles. The Morgan fingerprint density at radius 1 is 1.18 bits per heavy atom. The monoisotopic (exact) mass is 523 g/mol. The van der Waals surface area contributed by atoms with E-state index >= 15 is 0 Å². The number of ketones is 1. The number of hydrogen-bond donors (Lipinski definition) is 1. The zero-order valence-electron chi connectivity index (χ0n) is 22.4. The number of nitrogens with zero attached hydrogens (tertiary/aromatic N) is 6. The van der Waals surface area contributed by atoms with Crippen LogP contribution < -0.4 is 10.6 Å². The van der Waals surface area contributed by atoms with Gasteiger partial charge in [-0.25, -0.2) is 0 Å². The van der Waals surface area contributed by atoms with E-state index in [9.17, 15) is 14.4 Å². The second-order valence-electron chi connectivity index (χ2n) is 12.0. The lowest BCUT2D eigenvalue weighted by atomic mass is 9.73. The number of fused-ring (bicyclic) bond motifs is 1. The average Bonchev–Trinajstić information content (AvgIpc) is 3.38. The summed E-state index contributed by atoms with van der Waals surface area (Å²) < 4.78 is 5.61. The molecule has 4 atom stereocenters. The number of benzene rings is 1. The van der Waals surface area contributed by atoms with Crippen LogP contribution in [0.5, 0.6) is 0 Å². The van der Waals surface area contributed by atoms with E-state index in [1.807, 2.05) is 32.9 Å². The minimum absolute atomic E-state index is 0.0886. The SMILES string of the molecule is CC(C)(C)[C@H](C(=O)N1C[C@H](N=[N+]=[N-])[C@H]2OCC(=O)[C@H]21)c1cc(N2CCN(C3CCC3)CC2)ccc1C(N)=O. The van der Waals surface area contributed by atoms with Crippen LogP contribution in [-0.2, 0) is 14.3 Å². The molecular formula is C27H37N7O4. The number of primary amides is 1. The lowest BCUT2D eigenvalue weighted by molar-refractivity contribution is -0.139. The summed E-state index contributed by atoms with van der Waals surface area (Å²) in [5.41, 5.74) is 16.0. The molecule has 0 bridgehead atoms. The molecule has 0 unspecified atom stereocenters. The van der Waals surface area contributed by atoms with Crippen LogP contribution in [0.15, 0.2) is 23.3 Å². The van der Waals surface area contributed by atoms with E-state index in [1.54, 1.807) is 6.07 Å². The highest BCUT2D eigenvalue weighted by atomic mass is 16.5. The summed E-state index contributed by atoms with van der Waals surface area (Å²) in [6, 6.07) is 4.81. The van der Waals surface area contributed by atoms with Gasteiger partial charge in [-0.1, -0.05) is 32.3 Å². The van der Waals surface area contributed by atoms with Crippen molar-refractivity contribution in [1.29, 1.82) is 0 Å². The van der Waals surface area contributed by atoms with Crippen LogP contribution in [-0.4, -0.2) is 91.0 Å². The maximum Gasteiger partial charge on any atom is 0.249 e. The van der Waals surface area contributed by atoms with E-state index in [-0.39, 0.29) is 24.8 Å². The van der Waals surface area contributed by atoms with E-state index in [4.69, 9.17) is 16.0 Å². The van der Waals surface area contributed by atoms with E-state index in [2.05, 4.69) is 19.8 Å². The maximum absolute atomic E-state index is 14.3. The second kappa shape index (κ2) is 10.2. The minimum Gasteiger partial charge on any atom is -0.369 e. The van der Waals surface area contributed by atoms with Crippen LogP contribution in [0.25, 0.3) is 10.4 Å². The molecular weight excluding hydrogens is 486 g/mol. The molecule has 0 aromatic heterocycles. The number of azide groups is 1. The summed E-state index contributed by atoms with van der Waals surface area (Å²) in [5, 5.41) is 3.80. The Hall–Kier alpha value is -3.14. The number of carbonyl (C=O) groups is 3. The van der Waals surface area contributed by atoms with Crippen molar-refractivity contribution in [3.05, 3.63) is 39.8 Å². The van der Waals surface area contributed by atoms with Crippen molar-refractivity contribution in [2.24, 2.45) is 16.3 Å². The van der Waals surface area contributed by atoms with Crippen LogP contribution in [0.2, 0.25) is 0 Å². The van der Waals surface area contributed by atoms with Gasteiger partial charge in [-0.2, -0.15) is 0 Å². The molecule has 11 nitrogen and oxygen atoms in total. The van der Waals surface area contributed by atoms with Crippen LogP contribution >= 0.6 is 0 Å². The highest BCUT2D eigenvalue weighted by molar-refractivity contribution is 5.99. The molecule has 38 heavy (non-hydrogen) atoms. The third kappa shape index (κ3) is 4.74. The lowest BCUT2D eigenvalue weighted by Crippen LogP contribution is -2.52. The molecule has 2 amide bonds. The van der Waals surface area contributed by atoms with Gasteiger partial charge in [-0.05, 0) is 47.6 Å². The Labute approximate surface area is 222 Å². The van der Waals surface area contributed by atoms with Gasteiger partial charge < -0.3 is 20.3 Å². The maximum atomic E-state index is 14.3. The van der Waals surface area contributed by atoms with Crippen LogP contribution in [0, 0.1) is 5.41 Å². The predicted molar refractivity (Wildman–Crippen MR) is 142 cm³/mol. The van der Waals surface area contributed by atoms with Gasteiger partial charge >= 0.3 is 0 Å². The van der Waals surface area contributed by atoms with Gasteiger partial charge in [0.25, 0.3) is 0 Å². The Balaban J connectivity index is 1.48. The van der Waals surface area contributed by atoms with Crippen molar-refractivity contribution < 1.29 is 19.1 Å². The normalized spacial score (nSPS) is 27.0. The highest BCUT2D eigenvalue weighted by Gasteiger charge is 2.54. The number of Topliss-reactive ketones (excluding diaryl/α,β-unsaturated/α-hetero) is 1.